The van der Waals surface area contributed by atoms with Crippen molar-refractivity contribution < 1.29 is 13.2 Å². The van der Waals surface area contributed by atoms with E-state index in [0.29, 0.717) is 19.6 Å². The minimum atomic E-state index is -2.98. The number of ether oxygens (including phenoxy) is 1. The van der Waals surface area contributed by atoms with Gasteiger partial charge >= 0.3 is 0 Å². The highest BCUT2D eigenvalue weighted by molar-refractivity contribution is 7.91. The minimum absolute atomic E-state index is 0.0665. The van der Waals surface area contributed by atoms with Crippen LogP contribution in [0, 0.1) is 0 Å². The van der Waals surface area contributed by atoms with E-state index >= 15 is 0 Å². The molecule has 0 saturated carbocycles. The van der Waals surface area contributed by atoms with Gasteiger partial charge in [-0.2, -0.15) is 0 Å². The monoisotopic (exact) mass is 271 g/mol. The van der Waals surface area contributed by atoms with Gasteiger partial charge in [0.2, 0.25) is 0 Å². The van der Waals surface area contributed by atoms with Crippen LogP contribution in [0.2, 0.25) is 0 Å². The normalized spacial score (nSPS) is 11.6. The summed E-state index contributed by atoms with van der Waals surface area (Å²) in [4.78, 5) is 0. The molecule has 4 nitrogen and oxygen atoms in total. The summed E-state index contributed by atoms with van der Waals surface area (Å²) in [5.74, 6) is 0.229. The molecule has 0 aliphatic rings. The molecule has 18 heavy (non-hydrogen) atoms. The Hall–Kier alpha value is -0.910. The van der Waals surface area contributed by atoms with E-state index in [0.717, 1.165) is 6.42 Å². The van der Waals surface area contributed by atoms with Crippen LogP contribution in [0.15, 0.2) is 30.3 Å². The van der Waals surface area contributed by atoms with E-state index < -0.39 is 9.84 Å². The van der Waals surface area contributed by atoms with Crippen molar-refractivity contribution >= 4 is 9.84 Å². The van der Waals surface area contributed by atoms with Crippen molar-refractivity contribution in [1.29, 1.82) is 0 Å². The summed E-state index contributed by atoms with van der Waals surface area (Å²) < 4.78 is 28.1. The molecule has 102 valence electrons. The van der Waals surface area contributed by atoms with Gasteiger partial charge in [-0.1, -0.05) is 30.3 Å². The van der Waals surface area contributed by atoms with Crippen LogP contribution in [0.25, 0.3) is 0 Å². The van der Waals surface area contributed by atoms with Crippen LogP contribution in [-0.4, -0.2) is 39.7 Å². The summed E-state index contributed by atoms with van der Waals surface area (Å²) in [6.07, 6.45) is 1.40. The highest BCUT2D eigenvalue weighted by atomic mass is 32.2. The fourth-order valence-electron chi connectivity index (χ4n) is 1.60. The lowest BCUT2D eigenvalue weighted by molar-refractivity contribution is 0.138. The van der Waals surface area contributed by atoms with Gasteiger partial charge < -0.3 is 10.5 Å². The molecular formula is C13H21NO3S. The second kappa shape index (κ2) is 8.24. The molecule has 0 amide bonds. The average molecular weight is 271 g/mol. The number of rotatable bonds is 9. The Morgan fingerprint density at radius 2 is 1.78 bits per heavy atom. The molecule has 0 unspecified atom stereocenters. The highest BCUT2D eigenvalue weighted by Gasteiger charge is 2.08. The molecule has 0 bridgehead atoms. The van der Waals surface area contributed by atoms with E-state index in [4.69, 9.17) is 10.5 Å². The number of sulfone groups is 1. The average Bonchev–Trinajstić information content (AvgIpc) is 2.35. The Morgan fingerprint density at radius 3 is 2.44 bits per heavy atom. The fraction of sp³-hybridized carbons (Fsp3) is 0.538. The van der Waals surface area contributed by atoms with Crippen molar-refractivity contribution in [2.24, 2.45) is 5.73 Å². The zero-order chi connectivity index (χ0) is 13.3. The summed E-state index contributed by atoms with van der Waals surface area (Å²) in [6.45, 7) is 1.30. The summed E-state index contributed by atoms with van der Waals surface area (Å²) in [5.41, 5.74) is 6.45. The number of hydrogen-bond acceptors (Lipinski definition) is 4. The Morgan fingerprint density at radius 1 is 1.06 bits per heavy atom. The zero-order valence-electron chi connectivity index (χ0n) is 10.5. The van der Waals surface area contributed by atoms with Crippen LogP contribution in [0.1, 0.15) is 12.0 Å². The van der Waals surface area contributed by atoms with E-state index in [1.165, 1.54) is 5.56 Å². The second-order valence-corrected chi connectivity index (χ2v) is 6.45. The number of benzene rings is 1. The van der Waals surface area contributed by atoms with Crippen LogP contribution in [0.5, 0.6) is 0 Å². The summed E-state index contributed by atoms with van der Waals surface area (Å²) in [6, 6.07) is 10.1. The van der Waals surface area contributed by atoms with E-state index in [1.54, 1.807) is 0 Å². The van der Waals surface area contributed by atoms with E-state index in [-0.39, 0.29) is 18.1 Å². The predicted octanol–water partition coefficient (Wildman–Crippen LogP) is 1.01. The van der Waals surface area contributed by atoms with Crippen LogP contribution in [0.3, 0.4) is 0 Å². The lowest BCUT2D eigenvalue weighted by Gasteiger charge is -2.05. The number of hydrogen-bond donors (Lipinski definition) is 1. The molecule has 0 aliphatic carbocycles. The summed E-state index contributed by atoms with van der Waals surface area (Å²) in [5, 5.41) is 0. The zero-order valence-corrected chi connectivity index (χ0v) is 11.4. The van der Waals surface area contributed by atoms with E-state index in [9.17, 15) is 8.42 Å². The van der Waals surface area contributed by atoms with Gasteiger partial charge in [-0.25, -0.2) is 8.42 Å². The van der Waals surface area contributed by atoms with Gasteiger partial charge in [-0.15, -0.1) is 0 Å². The van der Waals surface area contributed by atoms with E-state index in [2.05, 4.69) is 12.1 Å². The van der Waals surface area contributed by atoms with Crippen LogP contribution in [0.4, 0.5) is 0 Å². The van der Waals surface area contributed by atoms with Gasteiger partial charge in [-0.05, 0) is 18.4 Å². The molecule has 0 spiro atoms. The third-order valence-corrected chi connectivity index (χ3v) is 4.32. The largest absolute Gasteiger partial charge is 0.381 e. The molecule has 0 aliphatic heterocycles. The first kappa shape index (κ1) is 15.1. The molecule has 0 aromatic heterocycles. The van der Waals surface area contributed by atoms with Gasteiger partial charge in [-0.3, -0.25) is 0 Å². The molecular weight excluding hydrogens is 250 g/mol. The van der Waals surface area contributed by atoms with Gasteiger partial charge in [0.05, 0.1) is 18.1 Å². The SMILES string of the molecule is NCCS(=O)(=O)CCCOCCc1ccccc1. The van der Waals surface area contributed by atoms with Crippen molar-refractivity contribution in [2.45, 2.75) is 12.8 Å². The molecule has 1 rings (SSSR count). The molecule has 2 N–H and O–H groups in total. The lowest BCUT2D eigenvalue weighted by Crippen LogP contribution is -2.19. The minimum Gasteiger partial charge on any atom is -0.381 e. The van der Waals surface area contributed by atoms with E-state index in [1.807, 2.05) is 18.2 Å². The maximum absolute atomic E-state index is 11.3. The van der Waals surface area contributed by atoms with Crippen molar-refractivity contribution in [3.63, 3.8) is 0 Å². The second-order valence-electron chi connectivity index (χ2n) is 4.14. The quantitative estimate of drug-likeness (QED) is 0.681. The Balaban J connectivity index is 2.06. The van der Waals surface area contributed by atoms with Crippen LogP contribution in [-0.2, 0) is 21.0 Å². The molecule has 0 saturated heterocycles. The molecule has 0 heterocycles. The maximum Gasteiger partial charge on any atom is 0.151 e. The lowest BCUT2D eigenvalue weighted by atomic mass is 10.2. The molecule has 1 aromatic carbocycles. The van der Waals surface area contributed by atoms with Gasteiger partial charge in [0.25, 0.3) is 0 Å². The van der Waals surface area contributed by atoms with Crippen molar-refractivity contribution in [2.75, 3.05) is 31.3 Å². The van der Waals surface area contributed by atoms with Crippen molar-refractivity contribution in [3.8, 4) is 0 Å². The third kappa shape index (κ3) is 6.74. The molecule has 0 fully saturated rings. The first-order valence-corrected chi connectivity index (χ1v) is 7.98. The van der Waals surface area contributed by atoms with Crippen molar-refractivity contribution in [3.05, 3.63) is 35.9 Å². The Labute approximate surface area is 109 Å². The highest BCUT2D eigenvalue weighted by Crippen LogP contribution is 2.00. The van der Waals surface area contributed by atoms with Crippen molar-refractivity contribution in [1.82, 2.24) is 0 Å². The first-order chi connectivity index (χ1) is 8.64. The van der Waals surface area contributed by atoms with Crippen LogP contribution >= 0.6 is 0 Å². The number of nitrogens with two attached hydrogens (primary N) is 1. The van der Waals surface area contributed by atoms with Crippen LogP contribution < -0.4 is 5.73 Å². The molecule has 0 atom stereocenters. The predicted molar refractivity (Wildman–Crippen MR) is 73.3 cm³/mol. The molecule has 1 aromatic rings. The third-order valence-electron chi connectivity index (χ3n) is 2.55. The first-order valence-electron chi connectivity index (χ1n) is 6.16. The molecule has 0 radical (unpaired) electrons. The van der Waals surface area contributed by atoms with Gasteiger partial charge in [0.1, 0.15) is 0 Å². The Kier molecular flexibility index (Phi) is 6.93. The smallest absolute Gasteiger partial charge is 0.151 e. The summed E-state index contributed by atoms with van der Waals surface area (Å²) in [7, 11) is -2.98. The van der Waals surface area contributed by atoms with Gasteiger partial charge in [0.15, 0.2) is 9.84 Å². The maximum atomic E-state index is 11.3. The topological polar surface area (TPSA) is 69.4 Å². The Bertz CT molecular complexity index is 417. The van der Waals surface area contributed by atoms with Gasteiger partial charge in [0, 0.05) is 13.2 Å². The standard InChI is InChI=1S/C13H21NO3S/c14-8-12-18(15,16)11-4-9-17-10-7-13-5-2-1-3-6-13/h1-3,5-6H,4,7-12,14H2. The molecule has 5 heteroatoms. The summed E-state index contributed by atoms with van der Waals surface area (Å²) >= 11 is 0. The fourth-order valence-corrected chi connectivity index (χ4v) is 2.72.